The molecule has 0 aliphatic heterocycles. The van der Waals surface area contributed by atoms with Gasteiger partial charge in [-0.2, -0.15) is 0 Å². The van der Waals surface area contributed by atoms with Gasteiger partial charge in [-0.15, -0.1) is 6.58 Å². The standard InChI is InChI=1S/C11H18N2O5/c1-4-6-13(8-10(15)18-5-2)7-9(14)12-11(16)17-3/h4H,1,5-8H2,2-3H3,(H,12,14,16). The van der Waals surface area contributed by atoms with E-state index in [4.69, 9.17) is 4.74 Å². The van der Waals surface area contributed by atoms with Gasteiger partial charge >= 0.3 is 12.1 Å². The van der Waals surface area contributed by atoms with Gasteiger partial charge in [0.2, 0.25) is 5.91 Å². The van der Waals surface area contributed by atoms with Crippen LogP contribution in [0.5, 0.6) is 0 Å². The van der Waals surface area contributed by atoms with Crippen molar-refractivity contribution in [2.75, 3.05) is 33.4 Å². The number of methoxy groups -OCH3 is 1. The van der Waals surface area contributed by atoms with Crippen LogP contribution in [0, 0.1) is 0 Å². The minimum absolute atomic E-state index is 0.0472. The number of ether oxygens (including phenoxy) is 2. The number of amides is 2. The molecule has 2 amide bonds. The van der Waals surface area contributed by atoms with Crippen LogP contribution in [-0.4, -0.2) is 56.2 Å². The average Bonchev–Trinajstić information content (AvgIpc) is 2.29. The average molecular weight is 258 g/mol. The number of rotatable bonds is 7. The quantitative estimate of drug-likeness (QED) is 0.508. The van der Waals surface area contributed by atoms with E-state index in [0.29, 0.717) is 6.54 Å². The topological polar surface area (TPSA) is 84.9 Å². The number of alkyl carbamates (subject to hydrolysis) is 1. The van der Waals surface area contributed by atoms with E-state index < -0.39 is 18.0 Å². The Balaban J connectivity index is 4.25. The smallest absolute Gasteiger partial charge is 0.413 e. The van der Waals surface area contributed by atoms with Crippen molar-refractivity contribution in [3.63, 3.8) is 0 Å². The molecule has 0 radical (unpaired) electrons. The molecule has 0 aliphatic rings. The normalized spacial score (nSPS) is 9.72. The first-order valence-electron chi connectivity index (χ1n) is 5.40. The van der Waals surface area contributed by atoms with Crippen molar-refractivity contribution in [1.82, 2.24) is 10.2 Å². The third kappa shape index (κ3) is 7.39. The van der Waals surface area contributed by atoms with Crippen molar-refractivity contribution in [2.24, 2.45) is 0 Å². The largest absolute Gasteiger partial charge is 0.465 e. The molecule has 0 aromatic rings. The van der Waals surface area contributed by atoms with Crippen molar-refractivity contribution in [3.8, 4) is 0 Å². The van der Waals surface area contributed by atoms with E-state index in [9.17, 15) is 14.4 Å². The fraction of sp³-hybridized carbons (Fsp3) is 0.545. The van der Waals surface area contributed by atoms with Gasteiger partial charge in [0.1, 0.15) is 0 Å². The third-order valence-corrected chi connectivity index (χ3v) is 1.84. The first-order valence-corrected chi connectivity index (χ1v) is 5.40. The molecule has 0 spiro atoms. The van der Waals surface area contributed by atoms with E-state index >= 15 is 0 Å². The number of nitrogens with one attached hydrogen (secondary N) is 1. The minimum Gasteiger partial charge on any atom is -0.465 e. The fourth-order valence-corrected chi connectivity index (χ4v) is 1.16. The van der Waals surface area contributed by atoms with Gasteiger partial charge in [-0.05, 0) is 6.92 Å². The summed E-state index contributed by atoms with van der Waals surface area (Å²) in [6.07, 6.45) is 0.708. The highest BCUT2D eigenvalue weighted by molar-refractivity contribution is 5.93. The number of carbonyl (C=O) groups excluding carboxylic acids is 3. The molecule has 0 fully saturated rings. The molecule has 1 N–H and O–H groups in total. The fourth-order valence-electron chi connectivity index (χ4n) is 1.16. The summed E-state index contributed by atoms with van der Waals surface area (Å²) in [6, 6.07) is 0. The van der Waals surface area contributed by atoms with E-state index in [1.807, 2.05) is 5.32 Å². The van der Waals surface area contributed by atoms with Crippen LogP contribution in [0.3, 0.4) is 0 Å². The van der Waals surface area contributed by atoms with Crippen molar-refractivity contribution in [1.29, 1.82) is 0 Å². The Labute approximate surface area is 106 Å². The lowest BCUT2D eigenvalue weighted by Crippen LogP contribution is -2.42. The van der Waals surface area contributed by atoms with Crippen molar-refractivity contribution in [2.45, 2.75) is 6.92 Å². The van der Waals surface area contributed by atoms with Crippen LogP contribution in [0.15, 0.2) is 12.7 Å². The number of carbonyl (C=O) groups is 3. The maximum Gasteiger partial charge on any atom is 0.413 e. The molecule has 0 aromatic carbocycles. The second-order valence-corrected chi connectivity index (χ2v) is 3.30. The van der Waals surface area contributed by atoms with Crippen LogP contribution in [-0.2, 0) is 19.1 Å². The monoisotopic (exact) mass is 258 g/mol. The molecular formula is C11H18N2O5. The Morgan fingerprint density at radius 2 is 2.00 bits per heavy atom. The lowest BCUT2D eigenvalue weighted by Gasteiger charge is -2.18. The highest BCUT2D eigenvalue weighted by Gasteiger charge is 2.15. The SMILES string of the molecule is C=CCN(CC(=O)NC(=O)OC)CC(=O)OCC. The highest BCUT2D eigenvalue weighted by atomic mass is 16.5. The predicted molar refractivity (Wildman–Crippen MR) is 63.8 cm³/mol. The molecule has 0 bridgehead atoms. The van der Waals surface area contributed by atoms with Crippen LogP contribution < -0.4 is 5.32 Å². The van der Waals surface area contributed by atoms with Gasteiger partial charge < -0.3 is 9.47 Å². The number of imide groups is 1. The van der Waals surface area contributed by atoms with E-state index in [1.54, 1.807) is 13.0 Å². The first-order chi connectivity index (χ1) is 8.53. The molecule has 0 heterocycles. The molecule has 0 unspecified atom stereocenters. The first kappa shape index (κ1) is 16.1. The van der Waals surface area contributed by atoms with E-state index in [1.165, 1.54) is 4.90 Å². The number of hydrogen-bond acceptors (Lipinski definition) is 6. The summed E-state index contributed by atoms with van der Waals surface area (Å²) in [5, 5.41) is 2.00. The highest BCUT2D eigenvalue weighted by Crippen LogP contribution is 1.91. The zero-order chi connectivity index (χ0) is 14.0. The summed E-state index contributed by atoms with van der Waals surface area (Å²) >= 11 is 0. The molecule has 102 valence electrons. The van der Waals surface area contributed by atoms with Crippen LogP contribution in [0.1, 0.15) is 6.92 Å². The number of esters is 1. The Hall–Kier alpha value is -1.89. The van der Waals surface area contributed by atoms with Gasteiger partial charge in [0.15, 0.2) is 0 Å². The molecule has 7 nitrogen and oxygen atoms in total. The lowest BCUT2D eigenvalue weighted by atomic mass is 10.4. The molecule has 0 aliphatic carbocycles. The van der Waals surface area contributed by atoms with Gasteiger partial charge in [0.05, 0.1) is 26.8 Å². The zero-order valence-corrected chi connectivity index (χ0v) is 10.6. The molecule has 7 heteroatoms. The van der Waals surface area contributed by atoms with Crippen LogP contribution >= 0.6 is 0 Å². The Morgan fingerprint density at radius 3 is 2.50 bits per heavy atom. The second kappa shape index (κ2) is 9.17. The summed E-state index contributed by atoms with van der Waals surface area (Å²) in [7, 11) is 1.16. The van der Waals surface area contributed by atoms with Gasteiger partial charge in [-0.1, -0.05) is 6.08 Å². The second-order valence-electron chi connectivity index (χ2n) is 3.30. The Kier molecular flexibility index (Phi) is 8.21. The van der Waals surface area contributed by atoms with Crippen molar-refractivity contribution < 1.29 is 23.9 Å². The summed E-state index contributed by atoms with van der Waals surface area (Å²) in [4.78, 5) is 35.0. The maximum atomic E-state index is 11.4. The van der Waals surface area contributed by atoms with Gasteiger partial charge in [0, 0.05) is 6.54 Å². The van der Waals surface area contributed by atoms with Crippen molar-refractivity contribution >= 4 is 18.0 Å². The molecule has 0 atom stereocenters. The van der Waals surface area contributed by atoms with E-state index in [2.05, 4.69) is 11.3 Å². The third-order valence-electron chi connectivity index (χ3n) is 1.84. The van der Waals surface area contributed by atoms with Gasteiger partial charge in [-0.3, -0.25) is 19.8 Å². The summed E-state index contributed by atoms with van der Waals surface area (Å²) < 4.78 is 9.05. The Bertz CT molecular complexity index is 317. The van der Waals surface area contributed by atoms with E-state index in [-0.39, 0.29) is 19.7 Å². The molecule has 0 saturated carbocycles. The van der Waals surface area contributed by atoms with Gasteiger partial charge in [-0.25, -0.2) is 4.79 Å². The maximum absolute atomic E-state index is 11.4. The lowest BCUT2D eigenvalue weighted by molar-refractivity contribution is -0.144. The summed E-state index contributed by atoms with van der Waals surface area (Å²) in [5.41, 5.74) is 0. The number of nitrogens with zero attached hydrogens (tertiary/aromatic N) is 1. The van der Waals surface area contributed by atoms with Gasteiger partial charge in [0.25, 0.3) is 0 Å². The molecule has 0 saturated heterocycles. The van der Waals surface area contributed by atoms with Crippen LogP contribution in [0.2, 0.25) is 0 Å². The Morgan fingerprint density at radius 1 is 1.33 bits per heavy atom. The van der Waals surface area contributed by atoms with E-state index in [0.717, 1.165) is 7.11 Å². The molecule has 0 rings (SSSR count). The molecule has 18 heavy (non-hydrogen) atoms. The van der Waals surface area contributed by atoms with Crippen LogP contribution in [0.4, 0.5) is 4.79 Å². The zero-order valence-electron chi connectivity index (χ0n) is 10.6. The van der Waals surface area contributed by atoms with Crippen LogP contribution in [0.25, 0.3) is 0 Å². The molecular weight excluding hydrogens is 240 g/mol. The minimum atomic E-state index is -0.838. The molecule has 0 aromatic heterocycles. The number of hydrogen-bond donors (Lipinski definition) is 1. The summed E-state index contributed by atoms with van der Waals surface area (Å²) in [5.74, 6) is -1.00. The summed E-state index contributed by atoms with van der Waals surface area (Å²) in [6.45, 7) is 5.64. The van der Waals surface area contributed by atoms with Crippen molar-refractivity contribution in [3.05, 3.63) is 12.7 Å². The predicted octanol–water partition coefficient (Wildman–Crippen LogP) is -0.0799.